The number of phenolic OH excluding ortho intramolecular Hbond substituents is 1. The van der Waals surface area contributed by atoms with Gasteiger partial charge in [0, 0.05) is 15.4 Å². The van der Waals surface area contributed by atoms with Gasteiger partial charge in [-0.2, -0.15) is 4.52 Å². The van der Waals surface area contributed by atoms with Crippen LogP contribution in [-0.4, -0.2) is 24.7 Å². The fourth-order valence-corrected chi connectivity index (χ4v) is 2.81. The molecule has 4 aromatic rings. The van der Waals surface area contributed by atoms with E-state index in [0.29, 0.717) is 11.5 Å². The second-order valence-electron chi connectivity index (χ2n) is 4.82. The van der Waals surface area contributed by atoms with Crippen molar-refractivity contribution in [2.75, 3.05) is 5.73 Å². The minimum absolute atomic E-state index is 0.197. The van der Waals surface area contributed by atoms with E-state index in [4.69, 9.17) is 5.73 Å². The van der Waals surface area contributed by atoms with Crippen molar-refractivity contribution < 1.29 is 5.11 Å². The van der Waals surface area contributed by atoms with Gasteiger partial charge < -0.3 is 10.8 Å². The van der Waals surface area contributed by atoms with Crippen LogP contribution in [0.4, 0.5) is 5.95 Å². The lowest BCUT2D eigenvalue weighted by atomic mass is 10.2. The Morgan fingerprint density at radius 1 is 1.05 bits per heavy atom. The molecule has 3 N–H and O–H groups in total. The number of anilines is 1. The van der Waals surface area contributed by atoms with E-state index >= 15 is 0 Å². The van der Waals surface area contributed by atoms with Crippen LogP contribution in [0.2, 0.25) is 0 Å². The maximum atomic E-state index is 9.38. The molecule has 0 fully saturated rings. The Kier molecular flexibility index (Phi) is 2.77. The van der Waals surface area contributed by atoms with Crippen molar-refractivity contribution in [1.29, 1.82) is 0 Å². The van der Waals surface area contributed by atoms with Gasteiger partial charge >= 0.3 is 0 Å². The van der Waals surface area contributed by atoms with Crippen LogP contribution in [0.15, 0.2) is 46.9 Å². The zero-order chi connectivity index (χ0) is 15.3. The molecule has 0 unspecified atom stereocenters. The van der Waals surface area contributed by atoms with Crippen LogP contribution in [-0.2, 0) is 0 Å². The molecule has 0 saturated carbocycles. The van der Waals surface area contributed by atoms with E-state index in [1.807, 2.05) is 18.2 Å². The van der Waals surface area contributed by atoms with Gasteiger partial charge in [0.25, 0.3) is 0 Å². The van der Waals surface area contributed by atoms with Gasteiger partial charge in [-0.3, -0.25) is 0 Å². The zero-order valence-electron chi connectivity index (χ0n) is 11.2. The van der Waals surface area contributed by atoms with Crippen LogP contribution >= 0.6 is 15.9 Å². The maximum Gasteiger partial charge on any atom is 0.223 e. The predicted molar refractivity (Wildman–Crippen MR) is 87.5 cm³/mol. The second-order valence-corrected chi connectivity index (χ2v) is 5.68. The van der Waals surface area contributed by atoms with Crippen LogP contribution in [0.5, 0.6) is 5.75 Å². The normalized spacial score (nSPS) is 11.3. The molecule has 2 heterocycles. The summed E-state index contributed by atoms with van der Waals surface area (Å²) in [5.41, 5.74) is 8.18. The molecule has 22 heavy (non-hydrogen) atoms. The zero-order valence-corrected chi connectivity index (χ0v) is 12.8. The van der Waals surface area contributed by atoms with Crippen LogP contribution in [0.25, 0.3) is 27.9 Å². The highest BCUT2D eigenvalue weighted by Crippen LogP contribution is 2.28. The van der Waals surface area contributed by atoms with E-state index in [1.54, 1.807) is 24.3 Å². The summed E-state index contributed by atoms with van der Waals surface area (Å²) in [4.78, 5) is 8.95. The summed E-state index contributed by atoms with van der Waals surface area (Å²) in [6, 6.07) is 12.4. The van der Waals surface area contributed by atoms with Gasteiger partial charge in [0.05, 0.1) is 5.52 Å². The minimum atomic E-state index is 0.197. The Bertz CT molecular complexity index is 1010. The number of rotatable bonds is 1. The lowest BCUT2D eigenvalue weighted by molar-refractivity contribution is 0.475. The van der Waals surface area contributed by atoms with Crippen molar-refractivity contribution in [3.63, 3.8) is 0 Å². The first-order chi connectivity index (χ1) is 10.6. The highest BCUT2D eigenvalue weighted by molar-refractivity contribution is 9.10. The number of para-hydroxylation sites is 1. The van der Waals surface area contributed by atoms with E-state index in [0.717, 1.165) is 20.9 Å². The summed E-state index contributed by atoms with van der Waals surface area (Å²) < 4.78 is 2.38. The third-order valence-corrected chi connectivity index (χ3v) is 4.04. The van der Waals surface area contributed by atoms with Gasteiger partial charge in [-0.05, 0) is 52.3 Å². The predicted octanol–water partition coefficient (Wildman–Crippen LogP) is 2.99. The van der Waals surface area contributed by atoms with E-state index in [2.05, 4.69) is 31.0 Å². The van der Waals surface area contributed by atoms with Crippen molar-refractivity contribution in [3.8, 4) is 17.1 Å². The van der Waals surface area contributed by atoms with Crippen molar-refractivity contribution >= 4 is 38.4 Å². The van der Waals surface area contributed by atoms with E-state index < -0.39 is 0 Å². The Hall–Kier alpha value is -2.67. The Labute approximate surface area is 133 Å². The standard InChI is InChI=1S/C15H10BrN5O/c16-11-3-1-2-10-12(11)18-15(17)21-14(10)19-13(20-21)8-4-6-9(22)7-5-8/h1-7,22H,(H2,17,18). The molecule has 108 valence electrons. The lowest BCUT2D eigenvalue weighted by Crippen LogP contribution is -2.02. The molecule has 0 aliphatic rings. The number of halogens is 1. The molecular formula is C15H10BrN5O. The smallest absolute Gasteiger partial charge is 0.223 e. The van der Waals surface area contributed by atoms with E-state index in [9.17, 15) is 5.11 Å². The molecule has 0 spiro atoms. The van der Waals surface area contributed by atoms with Gasteiger partial charge in [-0.25, -0.2) is 9.97 Å². The molecule has 2 aromatic heterocycles. The number of benzene rings is 2. The van der Waals surface area contributed by atoms with Gasteiger partial charge in [0.2, 0.25) is 5.95 Å². The number of phenols is 1. The summed E-state index contributed by atoms with van der Waals surface area (Å²) in [6.45, 7) is 0. The first-order valence-corrected chi connectivity index (χ1v) is 7.32. The van der Waals surface area contributed by atoms with Crippen LogP contribution in [0, 0.1) is 0 Å². The molecule has 0 atom stereocenters. The summed E-state index contributed by atoms with van der Waals surface area (Å²) in [7, 11) is 0. The molecule has 6 nitrogen and oxygen atoms in total. The Morgan fingerprint density at radius 2 is 1.82 bits per heavy atom. The number of aromatic nitrogens is 4. The summed E-state index contributed by atoms with van der Waals surface area (Å²) in [6.07, 6.45) is 0. The highest BCUT2D eigenvalue weighted by Gasteiger charge is 2.14. The van der Waals surface area contributed by atoms with Gasteiger partial charge in [0.1, 0.15) is 5.75 Å². The number of aromatic hydroxyl groups is 1. The van der Waals surface area contributed by atoms with E-state index in [1.165, 1.54) is 4.52 Å². The average molecular weight is 356 g/mol. The van der Waals surface area contributed by atoms with Crippen LogP contribution < -0.4 is 5.73 Å². The first kappa shape index (κ1) is 13.0. The third-order valence-electron chi connectivity index (χ3n) is 3.40. The number of fused-ring (bicyclic) bond motifs is 3. The summed E-state index contributed by atoms with van der Waals surface area (Å²) >= 11 is 3.47. The first-order valence-electron chi connectivity index (χ1n) is 6.53. The molecule has 2 aromatic carbocycles. The van der Waals surface area contributed by atoms with Crippen LogP contribution in [0.3, 0.4) is 0 Å². The Morgan fingerprint density at radius 3 is 2.59 bits per heavy atom. The van der Waals surface area contributed by atoms with Gasteiger partial charge in [0.15, 0.2) is 11.5 Å². The van der Waals surface area contributed by atoms with Crippen LogP contribution in [0.1, 0.15) is 0 Å². The largest absolute Gasteiger partial charge is 0.508 e. The molecule has 0 bridgehead atoms. The quantitative estimate of drug-likeness (QED) is 0.547. The number of nitrogen functional groups attached to an aromatic ring is 1. The lowest BCUT2D eigenvalue weighted by Gasteiger charge is -2.03. The third kappa shape index (κ3) is 1.90. The second kappa shape index (κ2) is 4.67. The molecule has 0 aliphatic carbocycles. The fourth-order valence-electron chi connectivity index (χ4n) is 2.35. The topological polar surface area (TPSA) is 89.3 Å². The molecule has 0 aliphatic heterocycles. The number of hydrogen-bond acceptors (Lipinski definition) is 5. The number of nitrogens with zero attached hydrogens (tertiary/aromatic N) is 4. The molecule has 4 rings (SSSR count). The number of hydrogen-bond donors (Lipinski definition) is 2. The monoisotopic (exact) mass is 355 g/mol. The van der Waals surface area contributed by atoms with E-state index in [-0.39, 0.29) is 11.7 Å². The molecule has 0 amide bonds. The highest BCUT2D eigenvalue weighted by atomic mass is 79.9. The fraction of sp³-hybridized carbons (Fsp3) is 0. The van der Waals surface area contributed by atoms with Gasteiger partial charge in [-0.15, -0.1) is 5.10 Å². The maximum absolute atomic E-state index is 9.38. The summed E-state index contributed by atoms with van der Waals surface area (Å²) in [5, 5.41) is 14.7. The molecular weight excluding hydrogens is 346 g/mol. The SMILES string of the molecule is Nc1nc2c(Br)cccc2c2nc(-c3ccc(O)cc3)nn12. The number of nitrogens with two attached hydrogens (primary N) is 1. The minimum Gasteiger partial charge on any atom is -0.508 e. The van der Waals surface area contributed by atoms with Crippen molar-refractivity contribution in [2.24, 2.45) is 0 Å². The molecule has 7 heteroatoms. The van der Waals surface area contributed by atoms with Crippen molar-refractivity contribution in [3.05, 3.63) is 46.9 Å². The summed E-state index contributed by atoms with van der Waals surface area (Å²) in [5.74, 6) is 0.996. The van der Waals surface area contributed by atoms with Crippen molar-refractivity contribution in [2.45, 2.75) is 0 Å². The Balaban J connectivity index is 2.04. The average Bonchev–Trinajstić information content (AvgIpc) is 2.95. The molecule has 0 radical (unpaired) electrons. The molecule has 0 saturated heterocycles. The van der Waals surface area contributed by atoms with Crippen molar-refractivity contribution in [1.82, 2.24) is 19.6 Å². The van der Waals surface area contributed by atoms with Gasteiger partial charge in [-0.1, -0.05) is 6.07 Å².